The maximum Gasteiger partial charge on any atom is 0.325 e. The van der Waals surface area contributed by atoms with Gasteiger partial charge in [0, 0.05) is 13.1 Å². The van der Waals surface area contributed by atoms with Crippen molar-refractivity contribution in [2.45, 2.75) is 32.4 Å². The van der Waals surface area contributed by atoms with Gasteiger partial charge in [0.05, 0.1) is 6.54 Å². The molecular weight excluding hydrogens is 427 g/mol. The third kappa shape index (κ3) is 5.19. The second kappa shape index (κ2) is 10.2. The van der Waals surface area contributed by atoms with Gasteiger partial charge in [-0.2, -0.15) is 0 Å². The molecule has 0 aromatic heterocycles. The van der Waals surface area contributed by atoms with Crippen molar-refractivity contribution in [3.05, 3.63) is 71.5 Å². The number of rotatable bonds is 9. The molecule has 33 heavy (non-hydrogen) atoms. The van der Waals surface area contributed by atoms with E-state index in [2.05, 4.69) is 10.6 Å². The van der Waals surface area contributed by atoms with Crippen LogP contribution in [0, 0.1) is 5.82 Å². The number of imide groups is 1. The van der Waals surface area contributed by atoms with Gasteiger partial charge in [-0.3, -0.25) is 19.3 Å². The van der Waals surface area contributed by atoms with E-state index in [0.717, 1.165) is 10.5 Å². The van der Waals surface area contributed by atoms with Crippen LogP contribution in [0.1, 0.15) is 31.4 Å². The topological polar surface area (TPSA) is 98.8 Å². The van der Waals surface area contributed by atoms with E-state index in [-0.39, 0.29) is 25.5 Å². The molecule has 2 aromatic carbocycles. The van der Waals surface area contributed by atoms with E-state index >= 15 is 0 Å². The number of amides is 5. The van der Waals surface area contributed by atoms with Crippen molar-refractivity contribution in [2.24, 2.45) is 0 Å². The van der Waals surface area contributed by atoms with Gasteiger partial charge in [0.1, 0.15) is 17.9 Å². The second-order valence-corrected chi connectivity index (χ2v) is 7.76. The monoisotopic (exact) mass is 454 g/mol. The van der Waals surface area contributed by atoms with Crippen LogP contribution in [0.3, 0.4) is 0 Å². The third-order valence-corrected chi connectivity index (χ3v) is 5.74. The van der Waals surface area contributed by atoms with Crippen molar-refractivity contribution in [3.8, 4) is 0 Å². The molecule has 0 spiro atoms. The Kier molecular flexibility index (Phi) is 7.42. The summed E-state index contributed by atoms with van der Waals surface area (Å²) in [6, 6.07) is 14.0. The summed E-state index contributed by atoms with van der Waals surface area (Å²) in [5, 5.41) is 5.42. The van der Waals surface area contributed by atoms with Crippen molar-refractivity contribution in [1.29, 1.82) is 0 Å². The second-order valence-electron chi connectivity index (χ2n) is 7.76. The number of benzene rings is 2. The largest absolute Gasteiger partial charge is 0.350 e. The first-order valence-electron chi connectivity index (χ1n) is 10.8. The fourth-order valence-electron chi connectivity index (χ4n) is 3.78. The maximum atomic E-state index is 13.2. The molecule has 0 unspecified atom stereocenters. The number of halogens is 1. The molecule has 9 heteroatoms. The van der Waals surface area contributed by atoms with Crippen molar-refractivity contribution >= 4 is 23.8 Å². The highest BCUT2D eigenvalue weighted by Crippen LogP contribution is 2.32. The summed E-state index contributed by atoms with van der Waals surface area (Å²) in [7, 11) is 0. The van der Waals surface area contributed by atoms with E-state index in [1.54, 1.807) is 50.2 Å². The lowest BCUT2D eigenvalue weighted by molar-refractivity contribution is -0.140. The zero-order valence-corrected chi connectivity index (χ0v) is 18.6. The first-order valence-corrected chi connectivity index (χ1v) is 10.8. The lowest BCUT2D eigenvalue weighted by Gasteiger charge is -2.26. The highest BCUT2D eigenvalue weighted by molar-refractivity contribution is 6.09. The molecule has 1 aliphatic heterocycles. The Labute approximate surface area is 191 Å². The Hall–Kier alpha value is -3.75. The smallest absolute Gasteiger partial charge is 0.325 e. The summed E-state index contributed by atoms with van der Waals surface area (Å²) in [5.74, 6) is -1.78. The molecule has 1 atom stereocenters. The van der Waals surface area contributed by atoms with Gasteiger partial charge in [-0.25, -0.2) is 9.18 Å². The average molecular weight is 455 g/mol. The van der Waals surface area contributed by atoms with Crippen molar-refractivity contribution in [1.82, 2.24) is 20.4 Å². The molecule has 3 rings (SSSR count). The molecule has 2 aromatic rings. The number of carbonyl (C=O) groups excluding carboxylic acids is 4. The van der Waals surface area contributed by atoms with Crippen LogP contribution < -0.4 is 10.6 Å². The van der Waals surface area contributed by atoms with Crippen LogP contribution in [0.25, 0.3) is 0 Å². The predicted octanol–water partition coefficient (Wildman–Crippen LogP) is 2.15. The minimum Gasteiger partial charge on any atom is -0.350 e. The van der Waals surface area contributed by atoms with E-state index in [9.17, 15) is 23.6 Å². The van der Waals surface area contributed by atoms with E-state index in [4.69, 9.17) is 0 Å². The number of urea groups is 1. The fraction of sp³-hybridized carbons (Fsp3) is 0.333. The number of likely N-dealkylation sites (N-methyl/N-ethyl adjacent to an activating group) is 1. The summed E-state index contributed by atoms with van der Waals surface area (Å²) < 4.78 is 13.0. The molecule has 0 radical (unpaired) electrons. The van der Waals surface area contributed by atoms with Gasteiger partial charge < -0.3 is 15.5 Å². The zero-order chi connectivity index (χ0) is 24.0. The van der Waals surface area contributed by atoms with Crippen LogP contribution in [0.5, 0.6) is 0 Å². The van der Waals surface area contributed by atoms with Crippen LogP contribution in [0.4, 0.5) is 9.18 Å². The normalized spacial score (nSPS) is 17.6. The third-order valence-electron chi connectivity index (χ3n) is 5.74. The first-order chi connectivity index (χ1) is 15.8. The molecule has 5 amide bonds. The summed E-state index contributed by atoms with van der Waals surface area (Å²) in [5.41, 5.74) is 0.144. The van der Waals surface area contributed by atoms with E-state index in [1.807, 2.05) is 6.07 Å². The van der Waals surface area contributed by atoms with Gasteiger partial charge in [0.15, 0.2) is 0 Å². The molecule has 174 valence electrons. The molecular formula is C24H27FN4O4. The van der Waals surface area contributed by atoms with E-state index in [0.29, 0.717) is 12.0 Å². The minimum atomic E-state index is -1.22. The molecule has 1 fully saturated rings. The highest BCUT2D eigenvalue weighted by atomic mass is 19.1. The van der Waals surface area contributed by atoms with Crippen molar-refractivity contribution in [2.75, 3.05) is 19.6 Å². The number of carbonyl (C=O) groups is 4. The van der Waals surface area contributed by atoms with Crippen molar-refractivity contribution < 1.29 is 23.6 Å². The summed E-state index contributed by atoms with van der Waals surface area (Å²) in [6.07, 6.45) is 0.329. The van der Waals surface area contributed by atoms with Crippen LogP contribution in [0.2, 0.25) is 0 Å². The summed E-state index contributed by atoms with van der Waals surface area (Å²) in [6.45, 7) is 3.23. The number of nitrogens with zero attached hydrogens (tertiary/aromatic N) is 2. The molecule has 0 bridgehead atoms. The van der Waals surface area contributed by atoms with Gasteiger partial charge in [-0.05, 0) is 36.6 Å². The molecule has 0 saturated carbocycles. The highest BCUT2D eigenvalue weighted by Gasteiger charge is 2.51. The lowest BCUT2D eigenvalue weighted by atomic mass is 9.87. The van der Waals surface area contributed by atoms with E-state index in [1.165, 1.54) is 17.0 Å². The molecule has 1 aliphatic rings. The van der Waals surface area contributed by atoms with Gasteiger partial charge >= 0.3 is 6.03 Å². The van der Waals surface area contributed by atoms with Crippen LogP contribution in [-0.4, -0.2) is 53.2 Å². The first kappa shape index (κ1) is 23.9. The predicted molar refractivity (Wildman–Crippen MR) is 119 cm³/mol. The van der Waals surface area contributed by atoms with Gasteiger partial charge in [0.25, 0.3) is 5.91 Å². The maximum absolute atomic E-state index is 13.2. The molecule has 1 saturated heterocycles. The fourth-order valence-corrected chi connectivity index (χ4v) is 3.78. The standard InChI is InChI=1S/C24H27FN4O4/c1-3-24(18-8-6-5-7-9-18)22(32)29(23(33)27-24)16-21(31)28(4-2)15-20(30)26-14-17-10-12-19(25)13-11-17/h5-13H,3-4,14-16H2,1-2H3,(H,26,30)(H,27,33)/t24-/m0/s1. The number of hydrogen-bond acceptors (Lipinski definition) is 4. The zero-order valence-electron chi connectivity index (χ0n) is 18.6. The van der Waals surface area contributed by atoms with Gasteiger partial charge in [-0.15, -0.1) is 0 Å². The average Bonchev–Trinajstić information content (AvgIpc) is 3.07. The van der Waals surface area contributed by atoms with Crippen LogP contribution in [0.15, 0.2) is 54.6 Å². The lowest BCUT2D eigenvalue weighted by Crippen LogP contribution is -2.47. The number of hydrogen-bond donors (Lipinski definition) is 2. The Morgan fingerprint density at radius 1 is 1.06 bits per heavy atom. The Balaban J connectivity index is 1.62. The van der Waals surface area contributed by atoms with E-state index < -0.39 is 35.8 Å². The Bertz CT molecular complexity index is 1030. The molecule has 0 aliphatic carbocycles. The Morgan fingerprint density at radius 2 is 1.73 bits per heavy atom. The SMILES string of the molecule is CCN(CC(=O)NCc1ccc(F)cc1)C(=O)CN1C(=O)N[C@@](CC)(c2ccccc2)C1=O. The summed E-state index contributed by atoms with van der Waals surface area (Å²) >= 11 is 0. The van der Waals surface area contributed by atoms with Gasteiger partial charge in [-0.1, -0.05) is 49.4 Å². The molecule has 8 nitrogen and oxygen atoms in total. The quantitative estimate of drug-likeness (QED) is 0.567. The molecule has 2 N–H and O–H groups in total. The minimum absolute atomic E-state index is 0.188. The van der Waals surface area contributed by atoms with Gasteiger partial charge in [0.2, 0.25) is 11.8 Å². The molecule has 1 heterocycles. The van der Waals surface area contributed by atoms with Crippen LogP contribution >= 0.6 is 0 Å². The number of nitrogens with one attached hydrogen (secondary N) is 2. The summed E-state index contributed by atoms with van der Waals surface area (Å²) in [4.78, 5) is 53.1. The van der Waals surface area contributed by atoms with Crippen molar-refractivity contribution in [3.63, 3.8) is 0 Å². The van der Waals surface area contributed by atoms with Crippen LogP contribution in [-0.2, 0) is 26.5 Å². The Morgan fingerprint density at radius 3 is 2.33 bits per heavy atom.